The number of hydrogen-bond acceptors (Lipinski definition) is 3. The lowest BCUT2D eigenvalue weighted by Crippen LogP contribution is -2.23. The second kappa shape index (κ2) is 4.55. The van der Waals surface area contributed by atoms with E-state index in [1.54, 1.807) is 12.1 Å². The molecule has 0 radical (unpaired) electrons. The van der Waals surface area contributed by atoms with Crippen molar-refractivity contribution in [2.24, 2.45) is 0 Å². The zero-order valence-corrected chi connectivity index (χ0v) is 10.2. The molecule has 5 heteroatoms. The van der Waals surface area contributed by atoms with Crippen LogP contribution in [0.5, 0.6) is 5.75 Å². The van der Waals surface area contributed by atoms with Crippen molar-refractivity contribution in [2.45, 2.75) is 31.8 Å². The van der Waals surface area contributed by atoms with Crippen LogP contribution >= 0.6 is 0 Å². The normalized spacial score (nSPS) is 16.5. The number of methoxy groups -OCH3 is 1. The van der Waals surface area contributed by atoms with E-state index in [9.17, 15) is 13.6 Å². The van der Waals surface area contributed by atoms with Crippen LogP contribution in [0, 0.1) is 6.92 Å². The zero-order valence-electron chi connectivity index (χ0n) is 10.2. The summed E-state index contributed by atoms with van der Waals surface area (Å²) in [6, 6.07) is 4.86. The molecule has 0 spiro atoms. The molecule has 0 aliphatic heterocycles. The molecular formula is C13H14F2O3. The van der Waals surface area contributed by atoms with Gasteiger partial charge in [-0.25, -0.2) is 0 Å². The molecule has 18 heavy (non-hydrogen) atoms. The van der Waals surface area contributed by atoms with Gasteiger partial charge < -0.3 is 9.47 Å². The fourth-order valence-corrected chi connectivity index (χ4v) is 2.12. The Bertz CT molecular complexity index is 467. The SMILES string of the molecule is COC(=O)C1(c2cc(C)ccc2OC(F)F)CC1. The topological polar surface area (TPSA) is 35.5 Å². The summed E-state index contributed by atoms with van der Waals surface area (Å²) in [6.07, 6.45) is 1.20. The zero-order chi connectivity index (χ0) is 13.3. The van der Waals surface area contributed by atoms with Crippen LogP contribution in [0.2, 0.25) is 0 Å². The molecule has 0 atom stereocenters. The number of hydrogen-bond donors (Lipinski definition) is 0. The average molecular weight is 256 g/mol. The second-order valence-corrected chi connectivity index (χ2v) is 4.45. The van der Waals surface area contributed by atoms with Crippen LogP contribution in [0.25, 0.3) is 0 Å². The number of rotatable bonds is 4. The number of esters is 1. The maximum absolute atomic E-state index is 12.4. The summed E-state index contributed by atoms with van der Waals surface area (Å²) < 4.78 is 33.9. The van der Waals surface area contributed by atoms with E-state index in [2.05, 4.69) is 4.74 Å². The molecule has 1 fully saturated rings. The first kappa shape index (κ1) is 12.8. The lowest BCUT2D eigenvalue weighted by molar-refractivity contribution is -0.143. The van der Waals surface area contributed by atoms with Gasteiger partial charge in [-0.3, -0.25) is 4.79 Å². The van der Waals surface area contributed by atoms with Crippen LogP contribution in [0.3, 0.4) is 0 Å². The minimum atomic E-state index is -2.90. The first-order valence-electron chi connectivity index (χ1n) is 5.64. The molecule has 0 aromatic heterocycles. The van der Waals surface area contributed by atoms with E-state index in [0.29, 0.717) is 18.4 Å². The number of benzene rings is 1. The summed E-state index contributed by atoms with van der Waals surface area (Å²) in [5, 5.41) is 0. The lowest BCUT2D eigenvalue weighted by atomic mass is 9.93. The summed E-state index contributed by atoms with van der Waals surface area (Å²) in [6.45, 7) is -1.07. The third-order valence-corrected chi connectivity index (χ3v) is 3.19. The van der Waals surface area contributed by atoms with Crippen LogP contribution in [-0.2, 0) is 14.9 Å². The first-order valence-corrected chi connectivity index (χ1v) is 5.64. The van der Waals surface area contributed by atoms with Gasteiger partial charge in [0, 0.05) is 5.56 Å². The Balaban J connectivity index is 2.42. The Hall–Kier alpha value is -1.65. The van der Waals surface area contributed by atoms with Crippen LogP contribution in [0.1, 0.15) is 24.0 Å². The van der Waals surface area contributed by atoms with Gasteiger partial charge in [0.2, 0.25) is 0 Å². The molecule has 0 heterocycles. The number of carbonyl (C=O) groups excluding carboxylic acids is 1. The summed E-state index contributed by atoms with van der Waals surface area (Å²) in [7, 11) is 1.30. The highest BCUT2D eigenvalue weighted by atomic mass is 19.3. The molecule has 0 amide bonds. The van der Waals surface area contributed by atoms with Gasteiger partial charge in [-0.05, 0) is 25.8 Å². The van der Waals surface area contributed by atoms with Crippen molar-refractivity contribution in [1.29, 1.82) is 0 Å². The Kier molecular flexibility index (Phi) is 3.24. The van der Waals surface area contributed by atoms with Crippen molar-refractivity contribution in [1.82, 2.24) is 0 Å². The van der Waals surface area contributed by atoms with Crippen molar-refractivity contribution >= 4 is 5.97 Å². The van der Waals surface area contributed by atoms with Crippen LogP contribution in [-0.4, -0.2) is 19.7 Å². The minimum Gasteiger partial charge on any atom is -0.468 e. The number of halogens is 2. The fraction of sp³-hybridized carbons (Fsp3) is 0.462. The highest BCUT2D eigenvalue weighted by Crippen LogP contribution is 2.52. The van der Waals surface area contributed by atoms with Crippen molar-refractivity contribution in [2.75, 3.05) is 7.11 Å². The Labute approximate surface area is 104 Å². The third kappa shape index (κ3) is 2.17. The number of carbonyl (C=O) groups is 1. The van der Waals surface area contributed by atoms with E-state index in [4.69, 9.17) is 4.74 Å². The summed E-state index contributed by atoms with van der Waals surface area (Å²) in [5.74, 6) is -0.342. The molecule has 1 aliphatic carbocycles. The molecular weight excluding hydrogens is 242 g/mol. The maximum atomic E-state index is 12.4. The predicted octanol–water partition coefficient (Wildman–Crippen LogP) is 2.80. The predicted molar refractivity (Wildman–Crippen MR) is 60.7 cm³/mol. The lowest BCUT2D eigenvalue weighted by Gasteiger charge is -2.18. The van der Waals surface area contributed by atoms with Gasteiger partial charge in [0.1, 0.15) is 5.75 Å². The maximum Gasteiger partial charge on any atom is 0.387 e. The van der Waals surface area contributed by atoms with Crippen molar-refractivity contribution in [3.63, 3.8) is 0 Å². The van der Waals surface area contributed by atoms with Crippen LogP contribution < -0.4 is 4.74 Å². The molecule has 2 rings (SSSR count). The quantitative estimate of drug-likeness (QED) is 0.777. The van der Waals surface area contributed by atoms with Crippen LogP contribution in [0.15, 0.2) is 18.2 Å². The first-order chi connectivity index (χ1) is 8.49. The third-order valence-electron chi connectivity index (χ3n) is 3.19. The van der Waals surface area contributed by atoms with Gasteiger partial charge in [-0.15, -0.1) is 0 Å². The number of alkyl halides is 2. The standard InChI is InChI=1S/C13H14F2O3/c1-8-3-4-10(18-12(14)15)9(7-8)13(5-6-13)11(16)17-2/h3-4,7,12H,5-6H2,1-2H3. The molecule has 0 saturated heterocycles. The van der Waals surface area contributed by atoms with E-state index >= 15 is 0 Å². The van der Waals surface area contributed by atoms with E-state index in [1.807, 2.05) is 6.92 Å². The highest BCUT2D eigenvalue weighted by molar-refractivity contribution is 5.87. The van der Waals surface area contributed by atoms with Gasteiger partial charge in [-0.1, -0.05) is 17.7 Å². The van der Waals surface area contributed by atoms with Crippen molar-refractivity contribution in [3.05, 3.63) is 29.3 Å². The Morgan fingerprint density at radius 2 is 2.06 bits per heavy atom. The van der Waals surface area contributed by atoms with Gasteiger partial charge in [0.05, 0.1) is 12.5 Å². The molecule has 0 unspecified atom stereocenters. The fourth-order valence-electron chi connectivity index (χ4n) is 2.12. The molecule has 1 aliphatic rings. The second-order valence-electron chi connectivity index (χ2n) is 4.45. The van der Waals surface area contributed by atoms with Crippen LogP contribution in [0.4, 0.5) is 8.78 Å². The molecule has 98 valence electrons. The largest absolute Gasteiger partial charge is 0.468 e. The highest BCUT2D eigenvalue weighted by Gasteiger charge is 2.54. The number of aryl methyl sites for hydroxylation is 1. The summed E-state index contributed by atoms with van der Waals surface area (Å²) >= 11 is 0. The molecule has 0 bridgehead atoms. The van der Waals surface area contributed by atoms with E-state index < -0.39 is 18.0 Å². The Morgan fingerprint density at radius 3 is 2.56 bits per heavy atom. The molecule has 1 aromatic carbocycles. The van der Waals surface area contributed by atoms with Gasteiger partial charge in [0.25, 0.3) is 0 Å². The smallest absolute Gasteiger partial charge is 0.387 e. The molecule has 3 nitrogen and oxygen atoms in total. The molecule has 1 aromatic rings. The molecule has 1 saturated carbocycles. The molecule has 0 N–H and O–H groups in total. The van der Waals surface area contributed by atoms with Crippen molar-refractivity contribution in [3.8, 4) is 5.75 Å². The van der Waals surface area contributed by atoms with E-state index in [-0.39, 0.29) is 5.75 Å². The van der Waals surface area contributed by atoms with E-state index in [0.717, 1.165) is 5.56 Å². The Morgan fingerprint density at radius 1 is 1.39 bits per heavy atom. The minimum absolute atomic E-state index is 0.0542. The summed E-state index contributed by atoms with van der Waals surface area (Å²) in [4.78, 5) is 11.8. The van der Waals surface area contributed by atoms with Crippen molar-refractivity contribution < 1.29 is 23.0 Å². The number of ether oxygens (including phenoxy) is 2. The summed E-state index contributed by atoms with van der Waals surface area (Å²) in [5.41, 5.74) is 0.585. The average Bonchev–Trinajstić information content (AvgIpc) is 3.11. The van der Waals surface area contributed by atoms with Gasteiger partial charge in [-0.2, -0.15) is 8.78 Å². The van der Waals surface area contributed by atoms with Gasteiger partial charge in [0.15, 0.2) is 0 Å². The van der Waals surface area contributed by atoms with E-state index in [1.165, 1.54) is 13.2 Å². The van der Waals surface area contributed by atoms with Gasteiger partial charge >= 0.3 is 12.6 Å². The monoisotopic (exact) mass is 256 g/mol.